The number of benzene rings is 2. The van der Waals surface area contributed by atoms with E-state index in [1.54, 1.807) is 18.7 Å². The van der Waals surface area contributed by atoms with Gasteiger partial charge in [0.05, 0.1) is 12.2 Å². The summed E-state index contributed by atoms with van der Waals surface area (Å²) in [6, 6.07) is 11.3. The van der Waals surface area contributed by atoms with Crippen molar-refractivity contribution in [1.29, 1.82) is 0 Å². The van der Waals surface area contributed by atoms with Gasteiger partial charge in [0.25, 0.3) is 5.91 Å². The molecule has 4 heteroatoms. The summed E-state index contributed by atoms with van der Waals surface area (Å²) in [6.07, 6.45) is 0. The van der Waals surface area contributed by atoms with Crippen LogP contribution < -0.4 is 9.64 Å². The van der Waals surface area contributed by atoms with Crippen molar-refractivity contribution >= 4 is 17.4 Å². The summed E-state index contributed by atoms with van der Waals surface area (Å²) < 4.78 is 5.84. The van der Waals surface area contributed by atoms with Crippen LogP contribution in [0.5, 0.6) is 5.75 Å². The van der Waals surface area contributed by atoms with Gasteiger partial charge in [-0.15, -0.1) is 0 Å². The van der Waals surface area contributed by atoms with Gasteiger partial charge < -0.3 is 4.74 Å². The van der Waals surface area contributed by atoms with E-state index in [0.717, 1.165) is 16.7 Å². The van der Waals surface area contributed by atoms with Crippen LogP contribution in [0.25, 0.3) is 0 Å². The molecule has 0 bridgehead atoms. The van der Waals surface area contributed by atoms with Gasteiger partial charge in [-0.25, -0.2) is 0 Å². The molecule has 25 heavy (non-hydrogen) atoms. The SMILES string of the molecule is Cc1ccc2c(c1)N(CC(=O)c1ccc(C)c(C)c1)C(=O)C(C)(C)O2. The van der Waals surface area contributed by atoms with Gasteiger partial charge in [-0.1, -0.05) is 18.2 Å². The molecule has 1 heterocycles. The monoisotopic (exact) mass is 337 g/mol. The Kier molecular flexibility index (Phi) is 4.15. The minimum absolute atomic E-state index is 0.00454. The Morgan fingerprint density at radius 3 is 2.44 bits per heavy atom. The fourth-order valence-corrected chi connectivity index (χ4v) is 2.98. The second-order valence-electron chi connectivity index (χ2n) is 7.20. The third-order valence-electron chi connectivity index (χ3n) is 4.66. The number of aryl methyl sites for hydroxylation is 3. The number of hydrogen-bond acceptors (Lipinski definition) is 3. The molecule has 0 aliphatic carbocycles. The maximum absolute atomic E-state index is 12.9. The highest BCUT2D eigenvalue weighted by atomic mass is 16.5. The molecule has 0 saturated heterocycles. The van der Waals surface area contributed by atoms with Gasteiger partial charge in [0.1, 0.15) is 5.75 Å². The van der Waals surface area contributed by atoms with E-state index in [9.17, 15) is 9.59 Å². The molecule has 0 aromatic heterocycles. The second-order valence-corrected chi connectivity index (χ2v) is 7.20. The highest BCUT2D eigenvalue weighted by Gasteiger charge is 2.41. The van der Waals surface area contributed by atoms with E-state index in [2.05, 4.69) is 0 Å². The summed E-state index contributed by atoms with van der Waals surface area (Å²) >= 11 is 0. The van der Waals surface area contributed by atoms with Gasteiger partial charge >= 0.3 is 0 Å². The second kappa shape index (κ2) is 6.03. The molecule has 0 unspecified atom stereocenters. The zero-order chi connectivity index (χ0) is 18.4. The van der Waals surface area contributed by atoms with Crippen LogP contribution in [0.1, 0.15) is 40.9 Å². The van der Waals surface area contributed by atoms with E-state index < -0.39 is 5.60 Å². The van der Waals surface area contributed by atoms with E-state index >= 15 is 0 Å². The number of carbonyl (C=O) groups excluding carboxylic acids is 2. The third kappa shape index (κ3) is 3.16. The predicted molar refractivity (Wildman–Crippen MR) is 98.5 cm³/mol. The van der Waals surface area contributed by atoms with Crippen LogP contribution in [-0.2, 0) is 4.79 Å². The summed E-state index contributed by atoms with van der Waals surface area (Å²) in [5, 5.41) is 0. The molecular formula is C21H23NO3. The summed E-state index contributed by atoms with van der Waals surface area (Å²) in [4.78, 5) is 27.2. The Bertz CT molecular complexity index is 867. The number of Topliss-reactive ketones (excluding diaryl/α,β-unsaturated/α-hetero) is 1. The first kappa shape index (κ1) is 17.2. The van der Waals surface area contributed by atoms with E-state index in [0.29, 0.717) is 17.0 Å². The van der Waals surface area contributed by atoms with Crippen LogP contribution in [-0.4, -0.2) is 23.8 Å². The first-order chi connectivity index (χ1) is 11.7. The molecule has 0 fully saturated rings. The molecule has 4 nitrogen and oxygen atoms in total. The maximum Gasteiger partial charge on any atom is 0.271 e. The Balaban J connectivity index is 1.97. The standard InChI is InChI=1S/C21H23NO3/c1-13-6-9-19-17(10-13)22(20(24)21(4,5)25-19)12-18(23)16-8-7-14(2)15(3)11-16/h6-11H,12H2,1-5H3. The molecular weight excluding hydrogens is 314 g/mol. The molecule has 0 saturated carbocycles. The van der Waals surface area contributed by atoms with Gasteiger partial charge in [0.15, 0.2) is 11.4 Å². The predicted octanol–water partition coefficient (Wildman–Crippen LogP) is 4.00. The van der Waals surface area contributed by atoms with Crippen molar-refractivity contribution in [3.8, 4) is 5.75 Å². The van der Waals surface area contributed by atoms with Gasteiger partial charge in [0.2, 0.25) is 0 Å². The quantitative estimate of drug-likeness (QED) is 0.795. The van der Waals surface area contributed by atoms with Crippen molar-refractivity contribution in [1.82, 2.24) is 0 Å². The number of nitrogens with zero attached hydrogens (tertiary/aromatic N) is 1. The number of ketones is 1. The van der Waals surface area contributed by atoms with Crippen molar-refractivity contribution in [2.45, 2.75) is 40.2 Å². The van der Waals surface area contributed by atoms with Crippen LogP contribution in [0, 0.1) is 20.8 Å². The van der Waals surface area contributed by atoms with Crippen molar-refractivity contribution < 1.29 is 14.3 Å². The number of anilines is 1. The van der Waals surface area contributed by atoms with Gasteiger partial charge in [-0.3, -0.25) is 14.5 Å². The van der Waals surface area contributed by atoms with Crippen molar-refractivity contribution in [3.05, 3.63) is 58.7 Å². The van der Waals surface area contributed by atoms with Crippen LogP contribution >= 0.6 is 0 Å². The van der Waals surface area contributed by atoms with E-state index in [1.165, 1.54) is 0 Å². The van der Waals surface area contributed by atoms with Crippen molar-refractivity contribution in [3.63, 3.8) is 0 Å². The van der Waals surface area contributed by atoms with Crippen LogP contribution in [0.15, 0.2) is 36.4 Å². The number of hydrogen-bond donors (Lipinski definition) is 0. The molecule has 1 aliphatic heterocycles. The average molecular weight is 337 g/mol. The van der Waals surface area contributed by atoms with Crippen LogP contribution in [0.2, 0.25) is 0 Å². The lowest BCUT2D eigenvalue weighted by molar-refractivity contribution is -0.132. The molecule has 0 radical (unpaired) electrons. The minimum atomic E-state index is -0.994. The molecule has 2 aromatic carbocycles. The van der Waals surface area contributed by atoms with Gasteiger partial charge in [-0.2, -0.15) is 0 Å². The number of amides is 1. The Morgan fingerprint density at radius 2 is 1.76 bits per heavy atom. The van der Waals surface area contributed by atoms with Crippen LogP contribution in [0.3, 0.4) is 0 Å². The largest absolute Gasteiger partial charge is 0.476 e. The molecule has 3 rings (SSSR count). The lowest BCUT2D eigenvalue weighted by Gasteiger charge is -2.38. The van der Waals surface area contributed by atoms with E-state index in [1.807, 2.05) is 57.2 Å². The summed E-state index contributed by atoms with van der Waals surface area (Å²) in [5.41, 5.74) is 3.50. The topological polar surface area (TPSA) is 46.6 Å². The maximum atomic E-state index is 12.9. The normalized spacial score (nSPS) is 15.6. The van der Waals surface area contributed by atoms with E-state index in [4.69, 9.17) is 4.74 Å². The fraction of sp³-hybridized carbons (Fsp3) is 0.333. The lowest BCUT2D eigenvalue weighted by atomic mass is 10.00. The van der Waals surface area contributed by atoms with Crippen LogP contribution in [0.4, 0.5) is 5.69 Å². The first-order valence-corrected chi connectivity index (χ1v) is 8.41. The molecule has 0 N–H and O–H groups in total. The number of fused-ring (bicyclic) bond motifs is 1. The molecule has 130 valence electrons. The molecule has 2 aromatic rings. The highest BCUT2D eigenvalue weighted by Crippen LogP contribution is 2.38. The number of rotatable bonds is 3. The third-order valence-corrected chi connectivity index (χ3v) is 4.66. The number of ether oxygens (including phenoxy) is 1. The van der Waals surface area contributed by atoms with Gasteiger partial charge in [0, 0.05) is 5.56 Å². The smallest absolute Gasteiger partial charge is 0.271 e. The van der Waals surface area contributed by atoms with E-state index in [-0.39, 0.29) is 18.2 Å². The summed E-state index contributed by atoms with van der Waals surface area (Å²) in [7, 11) is 0. The van der Waals surface area contributed by atoms with Crippen molar-refractivity contribution in [2.75, 3.05) is 11.4 Å². The zero-order valence-electron chi connectivity index (χ0n) is 15.3. The average Bonchev–Trinajstić information content (AvgIpc) is 2.55. The van der Waals surface area contributed by atoms with Gasteiger partial charge in [-0.05, 0) is 69.5 Å². The fourth-order valence-electron chi connectivity index (χ4n) is 2.98. The lowest BCUT2D eigenvalue weighted by Crippen LogP contribution is -2.53. The minimum Gasteiger partial charge on any atom is -0.476 e. The summed E-state index contributed by atoms with van der Waals surface area (Å²) in [5.74, 6) is 0.340. The molecule has 1 aliphatic rings. The zero-order valence-corrected chi connectivity index (χ0v) is 15.3. The first-order valence-electron chi connectivity index (χ1n) is 8.41. The number of carbonyl (C=O) groups is 2. The Hall–Kier alpha value is -2.62. The van der Waals surface area contributed by atoms with Crippen molar-refractivity contribution in [2.24, 2.45) is 0 Å². The Morgan fingerprint density at radius 1 is 1.04 bits per heavy atom. The summed E-state index contributed by atoms with van der Waals surface area (Å²) in [6.45, 7) is 9.40. The molecule has 1 amide bonds. The Labute approximate surface area is 148 Å². The molecule has 0 atom stereocenters. The highest BCUT2D eigenvalue weighted by molar-refractivity contribution is 6.09. The molecule has 0 spiro atoms.